The third-order valence-corrected chi connectivity index (χ3v) is 7.09. The van der Waals surface area contributed by atoms with Crippen LogP contribution in [0.25, 0.3) is 16.6 Å². The minimum atomic E-state index is -0.250. The largest absolute Gasteiger partial charge is 0.511 e. The van der Waals surface area contributed by atoms with Crippen LogP contribution in [0.15, 0.2) is 42.3 Å². The highest BCUT2D eigenvalue weighted by Crippen LogP contribution is 2.54. The van der Waals surface area contributed by atoms with E-state index in [1.807, 2.05) is 26.0 Å². The molecule has 2 saturated heterocycles. The smallest absolute Gasteiger partial charge is 0.238 e. The summed E-state index contributed by atoms with van der Waals surface area (Å²) in [5.41, 5.74) is 4.34. The van der Waals surface area contributed by atoms with Gasteiger partial charge in [-0.1, -0.05) is 11.6 Å². The number of hydrogen-bond donors (Lipinski definition) is 1. The highest BCUT2D eigenvalue weighted by atomic mass is 35.5. The lowest BCUT2D eigenvalue weighted by Gasteiger charge is -2.19. The number of allylic oxidation sites excluding steroid dienone is 1. The molecule has 1 aromatic heterocycles. The first kappa shape index (κ1) is 19.7. The van der Waals surface area contributed by atoms with E-state index in [1.165, 1.54) is 0 Å². The maximum atomic E-state index is 13.3. The summed E-state index contributed by atoms with van der Waals surface area (Å²) in [6.45, 7) is 3.85. The number of aromatic nitrogens is 2. The zero-order valence-electron chi connectivity index (χ0n) is 17.6. The maximum Gasteiger partial charge on any atom is 0.238 e. The summed E-state index contributed by atoms with van der Waals surface area (Å²) < 4.78 is 11.9. The maximum absolute atomic E-state index is 13.3. The number of rotatable bonds is 3. The average Bonchev–Trinajstić information content (AvgIpc) is 3.43. The highest BCUT2D eigenvalue weighted by Gasteiger charge is 2.59. The van der Waals surface area contributed by atoms with Crippen LogP contribution < -0.4 is 4.74 Å². The van der Waals surface area contributed by atoms with Crippen LogP contribution in [0.2, 0.25) is 5.02 Å². The molecule has 2 aliphatic heterocycles. The van der Waals surface area contributed by atoms with Crippen LogP contribution in [0.3, 0.4) is 0 Å². The monoisotopic (exact) mass is 448 g/mol. The number of benzene rings is 2. The second-order valence-electron chi connectivity index (χ2n) is 8.84. The minimum absolute atomic E-state index is 0.00127. The van der Waals surface area contributed by atoms with Gasteiger partial charge in [0.2, 0.25) is 5.88 Å². The molecular weight excluding hydrogens is 428 g/mol. The van der Waals surface area contributed by atoms with Gasteiger partial charge in [0.1, 0.15) is 11.5 Å². The van der Waals surface area contributed by atoms with E-state index in [0.29, 0.717) is 33.3 Å². The SMILES string of the molecule is Cc1cc(Oc2cnc3cc(Cl)ccc3n2)cc(C)c1C1=C(O)C2C3CCC(O3)[C@@H]2C1=O. The van der Waals surface area contributed by atoms with Crippen LogP contribution in [-0.4, -0.2) is 33.1 Å². The van der Waals surface area contributed by atoms with Crippen molar-refractivity contribution < 1.29 is 19.4 Å². The van der Waals surface area contributed by atoms with Gasteiger partial charge in [-0.25, -0.2) is 9.97 Å². The number of ether oxygens (including phenoxy) is 2. The third-order valence-electron chi connectivity index (χ3n) is 6.86. The molecule has 32 heavy (non-hydrogen) atoms. The van der Waals surface area contributed by atoms with Crippen LogP contribution in [0.4, 0.5) is 0 Å². The van der Waals surface area contributed by atoms with Crippen LogP contribution in [0, 0.1) is 25.7 Å². The first-order valence-corrected chi connectivity index (χ1v) is 11.1. The van der Waals surface area contributed by atoms with Crippen LogP contribution >= 0.6 is 11.6 Å². The van der Waals surface area contributed by atoms with E-state index in [0.717, 1.165) is 29.5 Å². The lowest BCUT2D eigenvalue weighted by molar-refractivity contribution is -0.118. The molecule has 3 aliphatic rings. The Hall–Kier alpha value is -2.96. The quantitative estimate of drug-likeness (QED) is 0.582. The van der Waals surface area contributed by atoms with Gasteiger partial charge in [-0.3, -0.25) is 4.79 Å². The topological polar surface area (TPSA) is 81.5 Å². The predicted molar refractivity (Wildman–Crippen MR) is 120 cm³/mol. The standard InChI is InChI=1S/C25H21ClN2O4/c1-11-7-14(31-19-10-27-16-9-13(26)3-4-15(16)28-19)8-12(2)20(11)23-24(29)21-17-5-6-18(32-17)22(21)25(23)30/h3-4,7-10,17-18,21-22,29H,5-6H2,1-2H3/t17?,18?,21?,22-/m0/s1. The van der Waals surface area contributed by atoms with Gasteiger partial charge in [0, 0.05) is 5.02 Å². The number of carbonyl (C=O) groups is 1. The number of Topliss-reactive ketones (excluding diaryl/α,β-unsaturated/α-hetero) is 1. The molecule has 2 fully saturated rings. The van der Waals surface area contributed by atoms with Crippen LogP contribution in [-0.2, 0) is 9.53 Å². The van der Waals surface area contributed by atoms with Crippen molar-refractivity contribution in [3.63, 3.8) is 0 Å². The molecule has 4 atom stereocenters. The van der Waals surface area contributed by atoms with Crippen LogP contribution in [0.1, 0.15) is 29.5 Å². The minimum Gasteiger partial charge on any atom is -0.511 e. The lowest BCUT2D eigenvalue weighted by atomic mass is 9.80. The number of nitrogens with zero attached hydrogens (tertiary/aromatic N) is 2. The molecule has 162 valence electrons. The molecule has 0 amide bonds. The van der Waals surface area contributed by atoms with Gasteiger partial charge >= 0.3 is 0 Å². The molecule has 3 aromatic rings. The van der Waals surface area contributed by atoms with Gasteiger partial charge in [0.25, 0.3) is 0 Å². The van der Waals surface area contributed by atoms with Gasteiger partial charge in [0.15, 0.2) is 5.78 Å². The third kappa shape index (κ3) is 2.86. The van der Waals surface area contributed by atoms with E-state index in [4.69, 9.17) is 21.1 Å². The molecule has 3 unspecified atom stereocenters. The van der Waals surface area contributed by atoms with Gasteiger partial charge in [-0.15, -0.1) is 0 Å². The molecule has 0 saturated carbocycles. The highest BCUT2D eigenvalue weighted by molar-refractivity contribution is 6.31. The number of aliphatic hydroxyl groups is 1. The number of ketones is 1. The second kappa shape index (κ2) is 7.02. The summed E-state index contributed by atoms with van der Waals surface area (Å²) in [7, 11) is 0. The van der Waals surface area contributed by atoms with Crippen molar-refractivity contribution in [2.75, 3.05) is 0 Å². The number of halogens is 1. The molecule has 7 heteroatoms. The fourth-order valence-electron chi connectivity index (χ4n) is 5.58. The number of aliphatic hydroxyl groups excluding tert-OH is 1. The molecule has 1 aliphatic carbocycles. The van der Waals surface area contributed by atoms with Crippen molar-refractivity contribution >= 4 is 34.0 Å². The molecule has 2 aromatic carbocycles. The Bertz CT molecular complexity index is 1310. The molecular formula is C25H21ClN2O4. The van der Waals surface area contributed by atoms with Crippen molar-refractivity contribution in [2.45, 2.75) is 38.9 Å². The molecule has 1 N–H and O–H groups in total. The lowest BCUT2D eigenvalue weighted by Crippen LogP contribution is -2.29. The van der Waals surface area contributed by atoms with Gasteiger partial charge in [-0.05, 0) is 73.7 Å². The van der Waals surface area contributed by atoms with Crippen molar-refractivity contribution in [1.29, 1.82) is 0 Å². The fraction of sp³-hybridized carbons (Fsp3) is 0.320. The summed E-state index contributed by atoms with van der Waals surface area (Å²) >= 11 is 6.01. The first-order chi connectivity index (χ1) is 15.4. The Morgan fingerprint density at radius 3 is 2.50 bits per heavy atom. The van der Waals surface area contributed by atoms with E-state index < -0.39 is 0 Å². The molecule has 6 nitrogen and oxygen atoms in total. The van der Waals surface area contributed by atoms with Crippen molar-refractivity contribution in [3.05, 3.63) is 64.0 Å². The summed E-state index contributed by atoms with van der Waals surface area (Å²) in [5.74, 6) is 0.700. The number of hydrogen-bond acceptors (Lipinski definition) is 6. The second-order valence-corrected chi connectivity index (χ2v) is 9.28. The fourth-order valence-corrected chi connectivity index (χ4v) is 5.75. The molecule has 2 bridgehead atoms. The average molecular weight is 449 g/mol. The zero-order valence-corrected chi connectivity index (χ0v) is 18.4. The van der Waals surface area contributed by atoms with E-state index >= 15 is 0 Å². The number of aryl methyl sites for hydroxylation is 2. The Balaban J connectivity index is 1.34. The van der Waals surface area contributed by atoms with Gasteiger partial charge in [-0.2, -0.15) is 0 Å². The van der Waals surface area contributed by atoms with Crippen molar-refractivity contribution in [1.82, 2.24) is 9.97 Å². The molecule has 0 spiro atoms. The van der Waals surface area contributed by atoms with Crippen LogP contribution in [0.5, 0.6) is 11.6 Å². The van der Waals surface area contributed by atoms with Crippen molar-refractivity contribution in [2.24, 2.45) is 11.8 Å². The number of carbonyl (C=O) groups excluding carboxylic acids is 1. The predicted octanol–water partition coefficient (Wildman–Crippen LogP) is 5.34. The van der Waals surface area contributed by atoms with E-state index in [2.05, 4.69) is 9.97 Å². The Morgan fingerprint density at radius 2 is 1.78 bits per heavy atom. The molecule has 3 heterocycles. The normalized spacial score (nSPS) is 26.3. The molecule has 0 radical (unpaired) electrons. The van der Waals surface area contributed by atoms with E-state index in [9.17, 15) is 9.90 Å². The van der Waals surface area contributed by atoms with Gasteiger partial charge in [0.05, 0.1) is 46.8 Å². The van der Waals surface area contributed by atoms with E-state index in [1.54, 1.807) is 24.4 Å². The number of fused-ring (bicyclic) bond motifs is 6. The summed E-state index contributed by atoms with van der Waals surface area (Å²) in [6, 6.07) is 9.04. The van der Waals surface area contributed by atoms with Crippen molar-refractivity contribution in [3.8, 4) is 11.6 Å². The molecule has 6 rings (SSSR count). The Morgan fingerprint density at radius 1 is 1.06 bits per heavy atom. The Kier molecular flexibility index (Phi) is 4.32. The Labute approximate surface area is 189 Å². The van der Waals surface area contributed by atoms with Gasteiger partial charge < -0.3 is 14.6 Å². The summed E-state index contributed by atoms with van der Waals surface area (Å²) in [6.07, 6.45) is 3.24. The summed E-state index contributed by atoms with van der Waals surface area (Å²) in [4.78, 5) is 22.1. The summed E-state index contributed by atoms with van der Waals surface area (Å²) in [5, 5.41) is 11.6. The zero-order chi connectivity index (χ0) is 22.1. The van der Waals surface area contributed by atoms with E-state index in [-0.39, 0.29) is 35.6 Å². The first-order valence-electron chi connectivity index (χ1n) is 10.8.